The minimum absolute atomic E-state index is 0.184. The van der Waals surface area contributed by atoms with Gasteiger partial charge in [0, 0.05) is 0 Å². The fraction of sp³-hybridized carbons (Fsp3) is 0.929. The summed E-state index contributed by atoms with van der Waals surface area (Å²) in [5.41, 5.74) is 4.70. The Morgan fingerprint density at radius 2 is 0.800 bits per heavy atom. The van der Waals surface area contributed by atoms with Crippen molar-refractivity contribution in [1.29, 1.82) is 0 Å². The number of aliphatic imine (C=N–C) groups is 1. The number of carbonyl (C=O) groups excluding carboxylic acids is 2. The maximum atomic E-state index is 13.0. The smallest absolute Gasteiger partial charge is 0.427 e. The van der Waals surface area contributed by atoms with E-state index in [0.717, 1.165) is 29.0 Å². The molecule has 0 rings (SSSR count). The molecule has 0 saturated heterocycles. The van der Waals surface area contributed by atoms with Crippen molar-refractivity contribution in [2.45, 2.75) is 221 Å². The van der Waals surface area contributed by atoms with Gasteiger partial charge in [-0.25, -0.2) is 14.6 Å². The number of imide groups is 1. The third-order valence-corrected chi connectivity index (χ3v) is 9.40. The molecule has 0 fully saturated rings. The molecule has 8 heteroatoms. The number of nitrogens with two attached hydrogens (primary N) is 1. The Labute approximate surface area is 310 Å². The molecule has 296 valence electrons. The third kappa shape index (κ3) is 28.8. The molecule has 0 aromatic heterocycles. The van der Waals surface area contributed by atoms with Crippen LogP contribution in [-0.2, 0) is 9.47 Å². The summed E-state index contributed by atoms with van der Waals surface area (Å²) in [4.78, 5) is 31.3. The van der Waals surface area contributed by atoms with E-state index < -0.39 is 23.4 Å². The Kier molecular flexibility index (Phi) is 27.7. The highest BCUT2D eigenvalue weighted by atomic mass is 16.6. The number of nitrogens with zero attached hydrogens (tertiary/aromatic N) is 3. The Balaban J connectivity index is 5.07. The lowest BCUT2D eigenvalue weighted by atomic mass is 10.0. The number of guanidine groups is 1. The molecule has 0 bridgehead atoms. The van der Waals surface area contributed by atoms with Crippen molar-refractivity contribution < 1.29 is 23.5 Å². The monoisotopic (exact) mass is 710 g/mol. The molecule has 0 atom stereocenters. The van der Waals surface area contributed by atoms with Crippen LogP contribution in [0.3, 0.4) is 0 Å². The van der Waals surface area contributed by atoms with E-state index in [9.17, 15) is 9.59 Å². The van der Waals surface area contributed by atoms with Crippen molar-refractivity contribution in [3.8, 4) is 0 Å². The molecule has 0 aromatic carbocycles. The van der Waals surface area contributed by atoms with Crippen LogP contribution in [0.5, 0.6) is 0 Å². The van der Waals surface area contributed by atoms with Gasteiger partial charge in [-0.15, -0.1) is 4.90 Å². The minimum Gasteiger partial charge on any atom is -0.443 e. The van der Waals surface area contributed by atoms with E-state index in [0.29, 0.717) is 6.54 Å². The third-order valence-electron chi connectivity index (χ3n) is 9.40. The first-order chi connectivity index (χ1) is 23.6. The highest BCUT2D eigenvalue weighted by Crippen LogP contribution is 2.18. The largest absolute Gasteiger partial charge is 0.443 e. The topological polar surface area (TPSA) is 94.2 Å². The van der Waals surface area contributed by atoms with Gasteiger partial charge in [-0.05, 0) is 67.2 Å². The van der Waals surface area contributed by atoms with Crippen molar-refractivity contribution in [2.24, 2.45) is 10.7 Å². The van der Waals surface area contributed by atoms with Crippen LogP contribution in [0.2, 0.25) is 0 Å². The van der Waals surface area contributed by atoms with Gasteiger partial charge in [0.2, 0.25) is 5.96 Å². The molecule has 0 aliphatic rings. The quantitative estimate of drug-likeness (QED) is 0.0361. The lowest BCUT2D eigenvalue weighted by Gasteiger charge is -2.34. The molecule has 0 unspecified atom stereocenters. The fourth-order valence-electron chi connectivity index (χ4n) is 6.36. The van der Waals surface area contributed by atoms with Crippen molar-refractivity contribution in [1.82, 2.24) is 4.90 Å². The summed E-state index contributed by atoms with van der Waals surface area (Å²) >= 11 is 0. The summed E-state index contributed by atoms with van der Waals surface area (Å²) in [7, 11) is 2.34. The van der Waals surface area contributed by atoms with Gasteiger partial charge in [0.25, 0.3) is 0 Å². The van der Waals surface area contributed by atoms with Gasteiger partial charge in [0.15, 0.2) is 0 Å². The molecular weight excluding hydrogens is 624 g/mol. The standard InChI is InChI=1S/C42H85N4O4/c1-10-12-14-16-18-20-22-24-26-28-30-32-35-46(9,36-33-31-29-27-25-23-21-19-17-15-13-11-2)37-34-44-38(43)45(39(47)49-41(3,4)5)40(48)50-42(6,7)8/h10-37H2,1-9H3,(H2,43,44)/q+1. The summed E-state index contributed by atoms with van der Waals surface area (Å²) in [5.74, 6) is -0.184. The van der Waals surface area contributed by atoms with E-state index >= 15 is 0 Å². The molecule has 0 saturated carbocycles. The maximum Gasteiger partial charge on any atom is 0.427 e. The first-order valence-electron chi connectivity index (χ1n) is 21.0. The number of hydrogen-bond acceptors (Lipinski definition) is 5. The normalized spacial score (nSPS) is 12.7. The van der Waals surface area contributed by atoms with Crippen LogP contribution in [0.4, 0.5) is 9.59 Å². The molecule has 2 amide bonds. The zero-order chi connectivity index (χ0) is 37.7. The second-order valence-corrected chi connectivity index (χ2v) is 17.1. The van der Waals surface area contributed by atoms with Gasteiger partial charge in [0.05, 0.1) is 33.2 Å². The number of ether oxygens (including phenoxy) is 2. The SMILES string of the molecule is CCCCCCCCCCCCCC[N+](C)(CCCCCCCCCCCCCC)CCN=C(N)N(C(=O)OC(C)(C)C)C(=O)OC(C)(C)C. The molecule has 0 aromatic rings. The van der Waals surface area contributed by atoms with Gasteiger partial charge in [-0.3, -0.25) is 0 Å². The molecule has 0 radical (unpaired) electrons. The number of unbranched alkanes of at least 4 members (excludes halogenated alkanes) is 22. The molecular formula is C42H85N4O4+. The van der Waals surface area contributed by atoms with Gasteiger partial charge in [-0.2, -0.15) is 0 Å². The Bertz CT molecular complexity index is 822. The second kappa shape index (κ2) is 28.7. The number of likely N-dealkylation sites (N-methyl/N-ethyl adjacent to an activating group) is 1. The fourth-order valence-corrected chi connectivity index (χ4v) is 6.36. The van der Waals surface area contributed by atoms with Crippen LogP contribution in [0.25, 0.3) is 0 Å². The van der Waals surface area contributed by atoms with Gasteiger partial charge in [0.1, 0.15) is 11.2 Å². The predicted octanol–water partition coefficient (Wildman–Crippen LogP) is 12.3. The maximum absolute atomic E-state index is 13.0. The summed E-state index contributed by atoms with van der Waals surface area (Å²) in [6.45, 7) is 18.5. The molecule has 0 spiro atoms. The summed E-state index contributed by atoms with van der Waals surface area (Å²) < 4.78 is 11.9. The lowest BCUT2D eigenvalue weighted by molar-refractivity contribution is -0.908. The minimum atomic E-state index is -0.877. The van der Waals surface area contributed by atoms with Gasteiger partial charge < -0.3 is 19.7 Å². The van der Waals surface area contributed by atoms with Gasteiger partial charge >= 0.3 is 12.2 Å². The van der Waals surface area contributed by atoms with Crippen molar-refractivity contribution >= 4 is 18.1 Å². The summed E-state index contributed by atoms with van der Waals surface area (Å²) in [5, 5.41) is 0. The first-order valence-corrected chi connectivity index (χ1v) is 21.0. The summed E-state index contributed by atoms with van der Waals surface area (Å²) in [6.07, 6.45) is 30.5. The van der Waals surface area contributed by atoms with Gasteiger partial charge in [-0.1, -0.05) is 142 Å². The van der Waals surface area contributed by atoms with Crippen LogP contribution >= 0.6 is 0 Å². The number of carbonyl (C=O) groups is 2. The van der Waals surface area contributed by atoms with Crippen LogP contribution in [-0.4, -0.2) is 72.0 Å². The van der Waals surface area contributed by atoms with E-state index in [4.69, 9.17) is 15.2 Å². The predicted molar refractivity (Wildman–Crippen MR) is 214 cm³/mol. The Morgan fingerprint density at radius 1 is 0.520 bits per heavy atom. The van der Waals surface area contributed by atoms with E-state index in [2.05, 4.69) is 25.9 Å². The van der Waals surface area contributed by atoms with E-state index in [1.807, 2.05) is 0 Å². The average Bonchev–Trinajstić information content (AvgIpc) is 3.00. The Hall–Kier alpha value is -1.83. The zero-order valence-corrected chi connectivity index (χ0v) is 34.9. The van der Waals surface area contributed by atoms with Crippen LogP contribution in [0.15, 0.2) is 4.99 Å². The molecule has 0 heterocycles. The number of quaternary nitrogens is 1. The molecule has 8 nitrogen and oxygen atoms in total. The van der Waals surface area contributed by atoms with Crippen LogP contribution in [0.1, 0.15) is 209 Å². The number of hydrogen-bond donors (Lipinski definition) is 1. The number of rotatable bonds is 29. The highest BCUT2D eigenvalue weighted by Gasteiger charge is 2.34. The van der Waals surface area contributed by atoms with Crippen LogP contribution in [0, 0.1) is 0 Å². The first kappa shape index (κ1) is 48.2. The van der Waals surface area contributed by atoms with E-state index in [1.54, 1.807) is 41.5 Å². The molecule has 2 N–H and O–H groups in total. The van der Waals surface area contributed by atoms with Crippen molar-refractivity contribution in [3.63, 3.8) is 0 Å². The van der Waals surface area contributed by atoms with Crippen molar-refractivity contribution in [2.75, 3.05) is 33.2 Å². The highest BCUT2D eigenvalue weighted by molar-refractivity contribution is 6.07. The Morgan fingerprint density at radius 3 is 1.08 bits per heavy atom. The lowest BCUT2D eigenvalue weighted by Crippen LogP contribution is -2.51. The molecule has 0 aliphatic carbocycles. The van der Waals surface area contributed by atoms with Crippen molar-refractivity contribution in [3.05, 3.63) is 0 Å². The second-order valence-electron chi connectivity index (χ2n) is 17.1. The van der Waals surface area contributed by atoms with Crippen LogP contribution < -0.4 is 5.73 Å². The summed E-state index contributed by atoms with van der Waals surface area (Å²) in [6, 6.07) is 0. The molecule has 50 heavy (non-hydrogen) atoms. The zero-order valence-electron chi connectivity index (χ0n) is 34.9. The number of amides is 2. The van der Waals surface area contributed by atoms with E-state index in [1.165, 1.54) is 154 Å². The van der Waals surface area contributed by atoms with E-state index in [-0.39, 0.29) is 5.96 Å². The average molecular weight is 710 g/mol. The molecule has 0 aliphatic heterocycles.